The van der Waals surface area contributed by atoms with E-state index in [1.54, 1.807) is 24.0 Å². The zero-order valence-electron chi connectivity index (χ0n) is 22.0. The molecule has 0 radical (unpaired) electrons. The summed E-state index contributed by atoms with van der Waals surface area (Å²) < 4.78 is 52.8. The number of aromatic nitrogens is 2. The average Bonchev–Trinajstić information content (AvgIpc) is 2.92. The van der Waals surface area contributed by atoms with E-state index in [2.05, 4.69) is 15.3 Å². The van der Waals surface area contributed by atoms with E-state index in [0.717, 1.165) is 10.6 Å². The van der Waals surface area contributed by atoms with Gasteiger partial charge in [-0.05, 0) is 49.4 Å². The van der Waals surface area contributed by atoms with Crippen molar-refractivity contribution >= 4 is 49.2 Å². The highest BCUT2D eigenvalue weighted by molar-refractivity contribution is 7.92. The Morgan fingerprint density at radius 3 is 2.17 bits per heavy atom. The Morgan fingerprint density at radius 1 is 0.950 bits per heavy atom. The van der Waals surface area contributed by atoms with Crippen molar-refractivity contribution in [1.82, 2.24) is 14.3 Å². The van der Waals surface area contributed by atoms with Gasteiger partial charge in [0.15, 0.2) is 5.69 Å². The second kappa shape index (κ2) is 11.2. The van der Waals surface area contributed by atoms with E-state index in [1.165, 1.54) is 53.8 Å². The zero-order valence-corrected chi connectivity index (χ0v) is 23.6. The summed E-state index contributed by atoms with van der Waals surface area (Å²) in [6, 6.07) is 13.3. The van der Waals surface area contributed by atoms with Crippen LogP contribution in [0.4, 0.5) is 17.3 Å². The lowest BCUT2D eigenvalue weighted by Gasteiger charge is -2.34. The number of hydrogen-bond acceptors (Lipinski definition) is 9. The van der Waals surface area contributed by atoms with Crippen LogP contribution < -0.4 is 14.5 Å². The molecule has 3 aromatic rings. The number of amides is 1. The number of benzene rings is 2. The van der Waals surface area contributed by atoms with Gasteiger partial charge < -0.3 is 15.3 Å². The first-order valence-corrected chi connectivity index (χ1v) is 15.3. The molecular formula is C25H28N6O7S2. The molecule has 0 saturated carbocycles. The summed E-state index contributed by atoms with van der Waals surface area (Å²) in [5.41, 5.74) is 1.04. The lowest BCUT2D eigenvalue weighted by molar-refractivity contribution is 0.0690. The van der Waals surface area contributed by atoms with E-state index in [4.69, 9.17) is 0 Å². The lowest BCUT2D eigenvalue weighted by atomic mass is 10.1. The summed E-state index contributed by atoms with van der Waals surface area (Å²) in [4.78, 5) is 34.4. The molecule has 15 heteroatoms. The average molecular weight is 589 g/mol. The van der Waals surface area contributed by atoms with Crippen molar-refractivity contribution in [3.8, 4) is 0 Å². The van der Waals surface area contributed by atoms with Crippen molar-refractivity contribution in [1.29, 1.82) is 0 Å². The van der Waals surface area contributed by atoms with Gasteiger partial charge in [-0.2, -0.15) is 4.31 Å². The van der Waals surface area contributed by atoms with Gasteiger partial charge in [0.05, 0.1) is 22.4 Å². The van der Waals surface area contributed by atoms with Crippen molar-refractivity contribution in [2.75, 3.05) is 54.0 Å². The van der Waals surface area contributed by atoms with Gasteiger partial charge in [-0.3, -0.25) is 9.10 Å². The number of carbonyl (C=O) groups excluding carboxylic acids is 1. The van der Waals surface area contributed by atoms with Crippen LogP contribution in [-0.2, 0) is 20.0 Å². The molecule has 40 heavy (non-hydrogen) atoms. The molecule has 1 aliphatic heterocycles. The van der Waals surface area contributed by atoms with Crippen LogP contribution in [0.3, 0.4) is 0 Å². The number of carboxylic acids is 1. The Labute approximate surface area is 232 Å². The molecule has 212 valence electrons. The number of piperazine rings is 1. The largest absolute Gasteiger partial charge is 0.477 e. The number of nitrogens with one attached hydrogen (secondary N) is 1. The number of aromatic carboxylic acids is 1. The summed E-state index contributed by atoms with van der Waals surface area (Å²) in [5.74, 6) is -1.49. The van der Waals surface area contributed by atoms with Crippen LogP contribution in [0.1, 0.15) is 26.5 Å². The molecule has 0 unspecified atom stereocenters. The number of anilines is 3. The smallest absolute Gasteiger partial charge is 0.354 e. The monoisotopic (exact) mass is 588 g/mol. The summed E-state index contributed by atoms with van der Waals surface area (Å²) in [5, 5.41) is 11.9. The zero-order chi connectivity index (χ0) is 29.2. The minimum absolute atomic E-state index is 0.0381. The van der Waals surface area contributed by atoms with Crippen LogP contribution in [0.15, 0.2) is 59.5 Å². The molecule has 0 bridgehead atoms. The summed E-state index contributed by atoms with van der Waals surface area (Å²) >= 11 is 0. The Hall–Kier alpha value is -4.08. The third kappa shape index (κ3) is 6.21. The van der Waals surface area contributed by atoms with Crippen molar-refractivity contribution in [2.45, 2.75) is 11.8 Å². The SMILES string of the molecule is Cc1cc(C(=O)O)nc(N2CCN(S(=O)(=O)c3ccc(NC(=O)c4ccccc4N(C)S(C)(=O)=O)cc3)CC2)n1. The Balaban J connectivity index is 1.44. The first-order chi connectivity index (χ1) is 18.8. The van der Waals surface area contributed by atoms with Crippen LogP contribution in [0.5, 0.6) is 0 Å². The second-order valence-electron chi connectivity index (χ2n) is 9.12. The summed E-state index contributed by atoms with van der Waals surface area (Å²) in [6.45, 7) is 2.50. The number of aryl methyl sites for hydroxylation is 1. The van der Waals surface area contributed by atoms with Gasteiger partial charge in [0.2, 0.25) is 26.0 Å². The number of rotatable bonds is 8. The summed E-state index contributed by atoms with van der Waals surface area (Å²) in [6.07, 6.45) is 1.03. The van der Waals surface area contributed by atoms with Gasteiger partial charge in [-0.25, -0.2) is 31.6 Å². The van der Waals surface area contributed by atoms with Gasteiger partial charge in [-0.1, -0.05) is 12.1 Å². The van der Waals surface area contributed by atoms with Crippen molar-refractivity contribution < 1.29 is 31.5 Å². The molecule has 13 nitrogen and oxygen atoms in total. The number of nitrogens with zero attached hydrogens (tertiary/aromatic N) is 5. The van der Waals surface area contributed by atoms with Gasteiger partial charge in [0.1, 0.15) is 0 Å². The molecule has 1 fully saturated rings. The first kappa shape index (κ1) is 28.9. The fourth-order valence-corrected chi connectivity index (χ4v) is 6.05. The molecule has 2 N–H and O–H groups in total. The van der Waals surface area contributed by atoms with E-state index in [1.807, 2.05) is 0 Å². The van der Waals surface area contributed by atoms with Crippen LogP contribution in [0.2, 0.25) is 0 Å². The van der Waals surface area contributed by atoms with Crippen molar-refractivity contribution in [3.05, 3.63) is 71.5 Å². The highest BCUT2D eigenvalue weighted by Gasteiger charge is 2.30. The number of para-hydroxylation sites is 1. The van der Waals surface area contributed by atoms with Crippen LogP contribution in [0.25, 0.3) is 0 Å². The molecule has 1 amide bonds. The fourth-order valence-electron chi connectivity index (χ4n) is 4.11. The van der Waals surface area contributed by atoms with Crippen molar-refractivity contribution in [3.63, 3.8) is 0 Å². The van der Waals surface area contributed by atoms with Crippen LogP contribution in [-0.4, -0.2) is 87.6 Å². The standard InChI is InChI=1S/C25H28N6O7S2/c1-17-16-21(24(33)34)28-25(26-17)30-12-14-31(15-13-30)40(37,38)19-10-8-18(9-11-19)27-23(32)20-6-4-5-7-22(20)29(2)39(3,35)36/h4-11,16H,12-15H2,1-3H3,(H,27,32)(H,33,34). The molecule has 1 aliphatic rings. The number of hydrogen-bond donors (Lipinski definition) is 2. The Kier molecular flexibility index (Phi) is 8.09. The number of sulfonamides is 2. The molecule has 4 rings (SSSR count). The van der Waals surface area contributed by atoms with E-state index >= 15 is 0 Å². The minimum Gasteiger partial charge on any atom is -0.477 e. The minimum atomic E-state index is -3.84. The molecule has 1 saturated heterocycles. The maximum atomic E-state index is 13.2. The molecule has 0 aliphatic carbocycles. The maximum absolute atomic E-state index is 13.2. The van der Waals surface area contributed by atoms with Crippen LogP contribution in [0, 0.1) is 6.92 Å². The predicted molar refractivity (Wildman–Crippen MR) is 149 cm³/mol. The Bertz CT molecular complexity index is 1650. The number of carbonyl (C=O) groups is 2. The predicted octanol–water partition coefficient (Wildman–Crippen LogP) is 1.64. The van der Waals surface area contributed by atoms with Gasteiger partial charge in [0, 0.05) is 44.6 Å². The summed E-state index contributed by atoms with van der Waals surface area (Å²) in [7, 11) is -6.09. The molecule has 1 aromatic heterocycles. The van der Waals surface area contributed by atoms with Gasteiger partial charge in [0.25, 0.3) is 5.91 Å². The number of carboxylic acid groups (broad SMARTS) is 1. The van der Waals surface area contributed by atoms with Gasteiger partial charge >= 0.3 is 5.97 Å². The molecule has 0 spiro atoms. The Morgan fingerprint density at radius 2 is 1.57 bits per heavy atom. The molecular weight excluding hydrogens is 560 g/mol. The molecule has 0 atom stereocenters. The topological polar surface area (TPSA) is 170 Å². The fraction of sp³-hybridized carbons (Fsp3) is 0.280. The van der Waals surface area contributed by atoms with E-state index in [9.17, 15) is 31.5 Å². The molecule has 2 heterocycles. The third-order valence-corrected chi connectivity index (χ3v) is 9.42. The van der Waals surface area contributed by atoms with Crippen LogP contribution >= 0.6 is 0 Å². The van der Waals surface area contributed by atoms with E-state index in [-0.39, 0.29) is 54.0 Å². The lowest BCUT2D eigenvalue weighted by Crippen LogP contribution is -2.49. The quantitative estimate of drug-likeness (QED) is 0.394. The van der Waals surface area contributed by atoms with E-state index in [0.29, 0.717) is 11.4 Å². The molecule has 2 aromatic carbocycles. The maximum Gasteiger partial charge on any atom is 0.354 e. The first-order valence-electron chi connectivity index (χ1n) is 12.1. The second-order valence-corrected chi connectivity index (χ2v) is 13.1. The van der Waals surface area contributed by atoms with Gasteiger partial charge in [-0.15, -0.1) is 0 Å². The van der Waals surface area contributed by atoms with Crippen molar-refractivity contribution in [2.24, 2.45) is 0 Å². The third-order valence-electron chi connectivity index (χ3n) is 6.32. The van der Waals surface area contributed by atoms with E-state index < -0.39 is 31.9 Å². The highest BCUT2D eigenvalue weighted by atomic mass is 32.2. The highest BCUT2D eigenvalue weighted by Crippen LogP contribution is 2.24. The normalized spacial score (nSPS) is 14.5.